The number of benzene rings is 2. The van der Waals surface area contributed by atoms with Gasteiger partial charge < -0.3 is 24.1 Å². The van der Waals surface area contributed by atoms with Gasteiger partial charge in [0.2, 0.25) is 5.75 Å². The van der Waals surface area contributed by atoms with Crippen LogP contribution >= 0.6 is 0 Å². The van der Waals surface area contributed by atoms with Gasteiger partial charge in [-0.3, -0.25) is 4.79 Å². The zero-order chi connectivity index (χ0) is 20.6. The van der Waals surface area contributed by atoms with Crippen LogP contribution < -0.4 is 19.5 Å². The third kappa shape index (κ3) is 4.87. The Kier molecular flexibility index (Phi) is 6.73. The van der Waals surface area contributed by atoms with Crippen molar-refractivity contribution in [1.82, 2.24) is 14.9 Å². The average molecular weight is 395 g/mol. The standard InChI is InChI=1S/C22H25N3O4/c1-27-18-13-17(14-19(28-2)21(18)29-3)22(26)24-10-9-20-23-11-12-25(20)15-16-7-5-4-6-8-16/h4-8,11-14H,9-10,15H2,1-3H3,(H,24,26). The second-order valence-electron chi connectivity index (χ2n) is 6.38. The maximum absolute atomic E-state index is 12.6. The van der Waals surface area contributed by atoms with Crippen molar-refractivity contribution in [3.63, 3.8) is 0 Å². The number of ether oxygens (including phenoxy) is 3. The first kappa shape index (κ1) is 20.3. The number of hydrogen-bond acceptors (Lipinski definition) is 5. The Morgan fingerprint density at radius 1 is 1.03 bits per heavy atom. The van der Waals surface area contributed by atoms with Gasteiger partial charge in [-0.05, 0) is 17.7 Å². The van der Waals surface area contributed by atoms with Gasteiger partial charge in [-0.1, -0.05) is 30.3 Å². The smallest absolute Gasteiger partial charge is 0.251 e. The summed E-state index contributed by atoms with van der Waals surface area (Å²) in [6, 6.07) is 13.5. The van der Waals surface area contributed by atoms with Crippen LogP contribution in [0.3, 0.4) is 0 Å². The van der Waals surface area contributed by atoms with Gasteiger partial charge in [0.1, 0.15) is 5.82 Å². The summed E-state index contributed by atoms with van der Waals surface area (Å²) in [6.45, 7) is 1.21. The fourth-order valence-electron chi connectivity index (χ4n) is 3.09. The number of nitrogens with zero attached hydrogens (tertiary/aromatic N) is 2. The monoisotopic (exact) mass is 395 g/mol. The summed E-state index contributed by atoms with van der Waals surface area (Å²) in [6.07, 6.45) is 4.35. The zero-order valence-corrected chi connectivity index (χ0v) is 16.8. The molecule has 0 atom stereocenters. The van der Waals surface area contributed by atoms with E-state index in [9.17, 15) is 4.79 Å². The molecule has 1 aromatic heterocycles. The quantitative estimate of drug-likeness (QED) is 0.603. The lowest BCUT2D eigenvalue weighted by molar-refractivity contribution is 0.0953. The number of nitrogens with one attached hydrogen (secondary N) is 1. The minimum Gasteiger partial charge on any atom is -0.493 e. The molecule has 0 saturated carbocycles. The van der Waals surface area contributed by atoms with Gasteiger partial charge in [-0.15, -0.1) is 0 Å². The lowest BCUT2D eigenvalue weighted by atomic mass is 10.1. The second-order valence-corrected chi connectivity index (χ2v) is 6.38. The van der Waals surface area contributed by atoms with Gasteiger partial charge in [0, 0.05) is 37.5 Å². The Labute approximate surface area is 170 Å². The largest absolute Gasteiger partial charge is 0.493 e. The molecule has 7 heteroatoms. The van der Waals surface area contributed by atoms with E-state index in [1.807, 2.05) is 24.4 Å². The van der Waals surface area contributed by atoms with Gasteiger partial charge >= 0.3 is 0 Å². The molecular weight excluding hydrogens is 370 g/mol. The van der Waals surface area contributed by atoms with E-state index in [-0.39, 0.29) is 5.91 Å². The average Bonchev–Trinajstić information content (AvgIpc) is 3.19. The van der Waals surface area contributed by atoms with Crippen molar-refractivity contribution < 1.29 is 19.0 Å². The first-order valence-electron chi connectivity index (χ1n) is 9.28. The van der Waals surface area contributed by atoms with Crippen LogP contribution in [0.1, 0.15) is 21.7 Å². The molecule has 0 fully saturated rings. The summed E-state index contributed by atoms with van der Waals surface area (Å²) in [7, 11) is 4.56. The van der Waals surface area contributed by atoms with Crippen molar-refractivity contribution >= 4 is 5.91 Å². The summed E-state index contributed by atoms with van der Waals surface area (Å²) >= 11 is 0. The normalized spacial score (nSPS) is 10.4. The molecule has 152 valence electrons. The summed E-state index contributed by atoms with van der Waals surface area (Å²) in [4.78, 5) is 17.0. The van der Waals surface area contributed by atoms with E-state index >= 15 is 0 Å². The molecule has 7 nitrogen and oxygen atoms in total. The van der Waals surface area contributed by atoms with Gasteiger partial charge in [-0.2, -0.15) is 0 Å². The lowest BCUT2D eigenvalue weighted by Crippen LogP contribution is -2.26. The third-order valence-electron chi connectivity index (χ3n) is 4.56. The molecule has 1 heterocycles. The van der Waals surface area contributed by atoms with Crippen LogP contribution in [0, 0.1) is 0 Å². The fourth-order valence-corrected chi connectivity index (χ4v) is 3.09. The van der Waals surface area contributed by atoms with E-state index in [4.69, 9.17) is 14.2 Å². The third-order valence-corrected chi connectivity index (χ3v) is 4.56. The number of hydrogen-bond donors (Lipinski definition) is 1. The van der Waals surface area contributed by atoms with E-state index < -0.39 is 0 Å². The van der Waals surface area contributed by atoms with Crippen LogP contribution in [0.25, 0.3) is 0 Å². The molecular formula is C22H25N3O4. The highest BCUT2D eigenvalue weighted by molar-refractivity contribution is 5.95. The molecule has 3 aromatic rings. The van der Waals surface area contributed by atoms with Crippen molar-refractivity contribution in [3.8, 4) is 17.2 Å². The lowest BCUT2D eigenvalue weighted by Gasteiger charge is -2.14. The topological polar surface area (TPSA) is 74.6 Å². The van der Waals surface area contributed by atoms with E-state index in [1.165, 1.54) is 26.9 Å². The van der Waals surface area contributed by atoms with Crippen molar-refractivity contribution in [2.45, 2.75) is 13.0 Å². The second kappa shape index (κ2) is 9.64. The Morgan fingerprint density at radius 3 is 2.34 bits per heavy atom. The summed E-state index contributed by atoms with van der Waals surface area (Å²) in [5.41, 5.74) is 1.64. The van der Waals surface area contributed by atoms with Crippen LogP contribution in [0.15, 0.2) is 54.9 Å². The van der Waals surface area contributed by atoms with Crippen molar-refractivity contribution in [1.29, 1.82) is 0 Å². The van der Waals surface area contributed by atoms with E-state index in [0.29, 0.717) is 35.8 Å². The van der Waals surface area contributed by atoms with Gasteiger partial charge in [0.05, 0.1) is 21.3 Å². The SMILES string of the molecule is COc1cc(C(=O)NCCc2nccn2Cc2ccccc2)cc(OC)c1OC. The van der Waals surface area contributed by atoms with E-state index in [0.717, 1.165) is 12.4 Å². The Hall–Kier alpha value is -3.48. The molecule has 0 saturated heterocycles. The van der Waals surface area contributed by atoms with E-state index in [1.54, 1.807) is 18.3 Å². The number of carbonyl (C=O) groups excluding carboxylic acids is 1. The number of rotatable bonds is 9. The maximum atomic E-state index is 12.6. The highest BCUT2D eigenvalue weighted by Crippen LogP contribution is 2.38. The molecule has 1 N–H and O–H groups in total. The Balaban J connectivity index is 1.63. The van der Waals surface area contributed by atoms with Gasteiger partial charge in [-0.25, -0.2) is 4.98 Å². The molecule has 0 spiro atoms. The van der Waals surface area contributed by atoms with Crippen molar-refractivity contribution in [3.05, 3.63) is 71.8 Å². The molecule has 0 aliphatic rings. The predicted molar refractivity (Wildman–Crippen MR) is 110 cm³/mol. The van der Waals surface area contributed by atoms with E-state index in [2.05, 4.69) is 27.0 Å². The van der Waals surface area contributed by atoms with Crippen LogP contribution in [-0.2, 0) is 13.0 Å². The van der Waals surface area contributed by atoms with Crippen molar-refractivity contribution in [2.24, 2.45) is 0 Å². The minimum atomic E-state index is -0.217. The highest BCUT2D eigenvalue weighted by atomic mass is 16.5. The molecule has 0 bridgehead atoms. The van der Waals surface area contributed by atoms with Crippen molar-refractivity contribution in [2.75, 3.05) is 27.9 Å². The van der Waals surface area contributed by atoms with Crippen LogP contribution in [0.5, 0.6) is 17.2 Å². The molecule has 0 unspecified atom stereocenters. The molecule has 2 aromatic carbocycles. The Bertz CT molecular complexity index is 929. The van der Waals surface area contributed by atoms with Gasteiger partial charge in [0.25, 0.3) is 5.91 Å². The molecule has 0 aliphatic carbocycles. The van der Waals surface area contributed by atoms with Crippen LogP contribution in [-0.4, -0.2) is 43.3 Å². The number of imidazole rings is 1. The number of carbonyl (C=O) groups is 1. The molecule has 29 heavy (non-hydrogen) atoms. The number of amides is 1. The highest BCUT2D eigenvalue weighted by Gasteiger charge is 2.17. The summed E-state index contributed by atoms with van der Waals surface area (Å²) < 4.78 is 18.0. The first-order chi connectivity index (χ1) is 14.2. The number of methoxy groups -OCH3 is 3. The predicted octanol–water partition coefficient (Wildman–Crippen LogP) is 2.93. The first-order valence-corrected chi connectivity index (χ1v) is 9.28. The van der Waals surface area contributed by atoms with Gasteiger partial charge in [0.15, 0.2) is 11.5 Å². The summed E-state index contributed by atoms with van der Waals surface area (Å²) in [5, 5.41) is 2.92. The fraction of sp³-hybridized carbons (Fsp3) is 0.273. The molecule has 0 radical (unpaired) electrons. The van der Waals surface area contributed by atoms with Crippen LogP contribution in [0.2, 0.25) is 0 Å². The zero-order valence-electron chi connectivity index (χ0n) is 16.8. The summed E-state index contributed by atoms with van der Waals surface area (Å²) in [5.74, 6) is 2.03. The number of aromatic nitrogens is 2. The van der Waals surface area contributed by atoms with Crippen LogP contribution in [0.4, 0.5) is 0 Å². The maximum Gasteiger partial charge on any atom is 0.251 e. The Morgan fingerprint density at radius 2 is 1.72 bits per heavy atom. The minimum absolute atomic E-state index is 0.217. The molecule has 3 rings (SSSR count). The molecule has 0 aliphatic heterocycles. The molecule has 1 amide bonds.